The Morgan fingerprint density at radius 1 is 0.925 bits per heavy atom. The molecule has 0 saturated carbocycles. The molecule has 0 unspecified atom stereocenters. The lowest BCUT2D eigenvalue weighted by Gasteiger charge is -2.08. The van der Waals surface area contributed by atoms with Gasteiger partial charge >= 0.3 is 6.39 Å². The number of amides is 1. The third kappa shape index (κ3) is 5.22. The van der Waals surface area contributed by atoms with Crippen molar-refractivity contribution >= 4 is 80.1 Å². The third-order valence-electron chi connectivity index (χ3n) is 6.25. The van der Waals surface area contributed by atoms with Crippen molar-refractivity contribution in [1.82, 2.24) is 5.32 Å². The molecule has 9 heteroatoms. The van der Waals surface area contributed by atoms with E-state index in [-0.39, 0.29) is 5.11 Å². The molecule has 0 fully saturated rings. The van der Waals surface area contributed by atoms with Crippen molar-refractivity contribution in [2.24, 2.45) is 0 Å². The second-order valence-electron chi connectivity index (χ2n) is 8.86. The van der Waals surface area contributed by atoms with Crippen LogP contribution in [-0.2, 0) is 4.79 Å². The Morgan fingerprint density at radius 3 is 2.67 bits per heavy atom. The van der Waals surface area contributed by atoms with E-state index >= 15 is 0 Å². The molecule has 2 N–H and O–H groups in total. The first-order valence-corrected chi connectivity index (χ1v) is 13.4. The van der Waals surface area contributed by atoms with Gasteiger partial charge in [0, 0.05) is 29.5 Å². The van der Waals surface area contributed by atoms with Crippen LogP contribution in [0.1, 0.15) is 5.76 Å². The lowest BCUT2D eigenvalue weighted by atomic mass is 10.1. The van der Waals surface area contributed by atoms with Gasteiger partial charge in [0.05, 0.1) is 15.4 Å². The molecule has 2 aromatic heterocycles. The number of furan rings is 1. The van der Waals surface area contributed by atoms with Gasteiger partial charge in [-0.15, -0.1) is 4.57 Å². The average Bonchev–Trinajstić information content (AvgIpc) is 3.61. The van der Waals surface area contributed by atoms with Crippen LogP contribution in [0, 0.1) is 0 Å². The highest BCUT2D eigenvalue weighted by molar-refractivity contribution is 7.80. The molecule has 2 heterocycles. The zero-order chi connectivity index (χ0) is 27.6. The van der Waals surface area contributed by atoms with E-state index < -0.39 is 5.91 Å². The summed E-state index contributed by atoms with van der Waals surface area (Å²) >= 11 is 17.7. The molecule has 6 nitrogen and oxygen atoms in total. The number of halogens is 2. The Labute approximate surface area is 244 Å². The number of nitrogens with one attached hydrogen (secondary N) is 2. The number of benzene rings is 4. The number of rotatable bonds is 5. The van der Waals surface area contributed by atoms with Crippen LogP contribution in [0.3, 0.4) is 0 Å². The van der Waals surface area contributed by atoms with Gasteiger partial charge in [-0.1, -0.05) is 59.6 Å². The summed E-state index contributed by atoms with van der Waals surface area (Å²) in [5, 5.41) is 8.92. The Balaban J connectivity index is 1.14. The van der Waals surface area contributed by atoms with Crippen LogP contribution >= 0.6 is 35.4 Å². The first kappa shape index (κ1) is 25.8. The molecule has 0 spiro atoms. The summed E-state index contributed by atoms with van der Waals surface area (Å²) in [5.41, 5.74) is 4.01. The number of carbonyl (C=O) groups is 1. The van der Waals surface area contributed by atoms with Gasteiger partial charge in [-0.05, 0) is 66.1 Å². The fourth-order valence-corrected chi connectivity index (χ4v) is 5.03. The molecule has 0 saturated heterocycles. The molecule has 0 bridgehead atoms. The highest BCUT2D eigenvalue weighted by atomic mass is 35.5. The smallest absolute Gasteiger partial charge is 0.341 e. The first-order valence-electron chi connectivity index (χ1n) is 12.2. The van der Waals surface area contributed by atoms with E-state index in [0.717, 1.165) is 27.6 Å². The monoisotopic (exact) mass is 584 g/mol. The van der Waals surface area contributed by atoms with Crippen LogP contribution in [-0.4, -0.2) is 11.0 Å². The van der Waals surface area contributed by atoms with Crippen molar-refractivity contribution in [3.63, 3.8) is 0 Å². The van der Waals surface area contributed by atoms with Gasteiger partial charge in [0.1, 0.15) is 11.5 Å². The molecule has 0 radical (unpaired) electrons. The van der Waals surface area contributed by atoms with E-state index in [2.05, 4.69) is 22.8 Å². The number of carbonyl (C=O) groups excluding carboxylic acids is 1. The summed E-state index contributed by atoms with van der Waals surface area (Å²) < 4.78 is 13.6. The number of thiocarbonyl (C=S) groups is 1. The predicted octanol–water partition coefficient (Wildman–Crippen LogP) is 7.96. The Bertz CT molecular complexity index is 1940. The van der Waals surface area contributed by atoms with Crippen LogP contribution in [0.2, 0.25) is 10.0 Å². The first-order chi connectivity index (χ1) is 19.5. The topological polar surface area (TPSA) is 71.3 Å². The summed E-state index contributed by atoms with van der Waals surface area (Å²) in [6.45, 7) is 0. The second kappa shape index (κ2) is 11.0. The highest BCUT2D eigenvalue weighted by Gasteiger charge is 2.20. The maximum absolute atomic E-state index is 12.5. The number of oxazole rings is 1. The molecule has 0 atom stereocenters. The van der Waals surface area contributed by atoms with Crippen LogP contribution in [0.4, 0.5) is 5.69 Å². The molecule has 196 valence electrons. The summed E-state index contributed by atoms with van der Waals surface area (Å²) in [4.78, 5) is 12.5. The number of aromatic nitrogens is 1. The predicted molar refractivity (Wildman–Crippen MR) is 163 cm³/mol. The number of hydrogen-bond acceptors (Lipinski definition) is 4. The van der Waals surface area contributed by atoms with E-state index in [1.165, 1.54) is 6.08 Å². The summed E-state index contributed by atoms with van der Waals surface area (Å²) in [6.07, 6.45) is 4.57. The van der Waals surface area contributed by atoms with E-state index in [0.29, 0.717) is 32.8 Å². The van der Waals surface area contributed by atoms with Crippen molar-refractivity contribution in [3.8, 4) is 17.0 Å². The Hall–Kier alpha value is -4.43. The van der Waals surface area contributed by atoms with Crippen LogP contribution in [0.15, 0.2) is 112 Å². The fourth-order valence-electron chi connectivity index (χ4n) is 4.42. The van der Waals surface area contributed by atoms with E-state index in [1.54, 1.807) is 36.7 Å². The normalized spacial score (nSPS) is 11.3. The molecule has 1 amide bonds. The quantitative estimate of drug-likeness (QED) is 0.122. The van der Waals surface area contributed by atoms with Crippen molar-refractivity contribution in [2.75, 3.05) is 5.32 Å². The number of hydrogen-bond donors (Lipinski definition) is 2. The maximum atomic E-state index is 12.5. The Kier molecular flexibility index (Phi) is 7.09. The molecule has 4 aromatic carbocycles. The van der Waals surface area contributed by atoms with E-state index in [1.807, 2.05) is 59.2 Å². The molecule has 6 aromatic rings. The van der Waals surface area contributed by atoms with Crippen molar-refractivity contribution in [1.29, 1.82) is 0 Å². The Morgan fingerprint density at radius 2 is 1.77 bits per heavy atom. The van der Waals surface area contributed by atoms with Crippen molar-refractivity contribution in [3.05, 3.63) is 119 Å². The minimum atomic E-state index is -0.408. The largest absolute Gasteiger partial charge is 0.457 e. The zero-order valence-electron chi connectivity index (χ0n) is 20.7. The third-order valence-corrected chi connectivity index (χ3v) is 7.27. The van der Waals surface area contributed by atoms with E-state index in [9.17, 15) is 4.79 Å². The van der Waals surface area contributed by atoms with Gasteiger partial charge in [0.15, 0.2) is 5.11 Å². The minimum Gasteiger partial charge on any atom is -0.457 e. The molecular formula is C31H20Cl2N3O3S+. The molecule has 0 aliphatic carbocycles. The number of nitrogens with zero attached hydrogens (tertiary/aromatic N) is 1. The van der Waals surface area contributed by atoms with E-state index in [4.69, 9.17) is 44.3 Å². The highest BCUT2D eigenvalue weighted by Crippen LogP contribution is 2.34. The molecule has 0 aliphatic heterocycles. The summed E-state index contributed by atoms with van der Waals surface area (Å²) in [7, 11) is 0. The summed E-state index contributed by atoms with van der Waals surface area (Å²) in [5.74, 6) is 0.611. The fraction of sp³-hybridized carbons (Fsp3) is 0. The van der Waals surface area contributed by atoms with Crippen LogP contribution < -0.4 is 15.2 Å². The van der Waals surface area contributed by atoms with Gasteiger partial charge in [-0.25, -0.2) is 0 Å². The lowest BCUT2D eigenvalue weighted by Crippen LogP contribution is -2.33. The van der Waals surface area contributed by atoms with Crippen molar-refractivity contribution in [2.45, 2.75) is 0 Å². The average molecular weight is 585 g/mol. The second-order valence-corrected chi connectivity index (χ2v) is 10.1. The lowest BCUT2D eigenvalue weighted by molar-refractivity contribution is -0.572. The standard InChI is InChI=1S/C31H19Cl2N3O3S/c32-25-10-4-9-24(29(25)33)26-15-12-22(39-26)13-16-28(37)35-31(40)34-20-6-3-7-21(17-20)36-18-38-27-14-11-19-5-1-2-8-23(19)30(27)36/h1-18H,(H-,34,35,37,40)/p+1. The number of fused-ring (bicyclic) bond motifs is 3. The molecular weight excluding hydrogens is 565 g/mol. The van der Waals surface area contributed by atoms with Gasteiger partial charge in [-0.3, -0.25) is 10.1 Å². The van der Waals surface area contributed by atoms with Gasteiger partial charge in [0.25, 0.3) is 5.52 Å². The van der Waals surface area contributed by atoms with Crippen LogP contribution in [0.25, 0.3) is 45.0 Å². The van der Waals surface area contributed by atoms with Gasteiger partial charge in [0.2, 0.25) is 17.2 Å². The molecule has 6 rings (SSSR count). The van der Waals surface area contributed by atoms with Crippen LogP contribution in [0.5, 0.6) is 0 Å². The van der Waals surface area contributed by atoms with Gasteiger partial charge in [-0.2, -0.15) is 0 Å². The zero-order valence-corrected chi connectivity index (χ0v) is 23.1. The number of anilines is 1. The minimum absolute atomic E-state index is 0.158. The SMILES string of the molecule is O=C(C=Cc1ccc(-c2cccc(Cl)c2Cl)o1)NC(=S)Nc1cccc(-[n+]2coc3ccc4ccccc4c32)c1. The van der Waals surface area contributed by atoms with Crippen molar-refractivity contribution < 1.29 is 18.2 Å². The summed E-state index contributed by atoms with van der Waals surface area (Å²) in [6, 6.07) is 28.6. The molecule has 0 aliphatic rings. The maximum Gasteiger partial charge on any atom is 0.341 e. The van der Waals surface area contributed by atoms with Gasteiger partial charge < -0.3 is 14.2 Å². The molecule has 40 heavy (non-hydrogen) atoms.